The van der Waals surface area contributed by atoms with Crippen LogP contribution in [0.3, 0.4) is 0 Å². The minimum atomic E-state index is -3.75. The third-order valence-electron chi connectivity index (χ3n) is 4.41. The van der Waals surface area contributed by atoms with E-state index < -0.39 is 10.0 Å². The fraction of sp³-hybridized carbons (Fsp3) is 0.174. The Hall–Kier alpha value is -2.97. The molecule has 0 aromatic heterocycles. The van der Waals surface area contributed by atoms with Crippen molar-refractivity contribution in [3.8, 4) is 5.75 Å². The topological polar surface area (TPSA) is 84.5 Å². The zero-order chi connectivity index (χ0) is 22.1. The first-order valence-electron chi connectivity index (χ1n) is 9.65. The van der Waals surface area contributed by atoms with Crippen molar-refractivity contribution in [1.82, 2.24) is 5.32 Å². The van der Waals surface area contributed by atoms with Crippen molar-refractivity contribution in [1.29, 1.82) is 0 Å². The number of carbonyl (C=O) groups excluding carboxylic acids is 1. The molecule has 0 radical (unpaired) electrons. The predicted molar refractivity (Wildman–Crippen MR) is 125 cm³/mol. The average molecular weight is 457 g/mol. The van der Waals surface area contributed by atoms with Crippen LogP contribution in [0.15, 0.2) is 83.8 Å². The summed E-state index contributed by atoms with van der Waals surface area (Å²) in [7, 11) is -2.21. The van der Waals surface area contributed by atoms with Crippen LogP contribution in [0.5, 0.6) is 5.75 Å². The molecule has 0 unspecified atom stereocenters. The monoisotopic (exact) mass is 456 g/mol. The second kappa shape index (κ2) is 10.9. The number of rotatable bonds is 10. The van der Waals surface area contributed by atoms with Gasteiger partial charge in [-0.25, -0.2) is 8.42 Å². The first-order chi connectivity index (χ1) is 15.0. The van der Waals surface area contributed by atoms with Gasteiger partial charge in [0.1, 0.15) is 5.75 Å². The van der Waals surface area contributed by atoms with Gasteiger partial charge in [0.25, 0.3) is 15.9 Å². The summed E-state index contributed by atoms with van der Waals surface area (Å²) < 4.78 is 32.7. The summed E-state index contributed by atoms with van der Waals surface area (Å²) in [5.74, 6) is 2.09. The van der Waals surface area contributed by atoms with Crippen molar-refractivity contribution in [3.63, 3.8) is 0 Å². The highest BCUT2D eigenvalue weighted by Crippen LogP contribution is 2.19. The largest absolute Gasteiger partial charge is 0.497 e. The van der Waals surface area contributed by atoms with E-state index in [4.69, 9.17) is 4.74 Å². The van der Waals surface area contributed by atoms with E-state index in [1.165, 1.54) is 29.8 Å². The molecule has 3 aromatic carbocycles. The lowest BCUT2D eigenvalue weighted by Gasteiger charge is -2.10. The van der Waals surface area contributed by atoms with Crippen LogP contribution in [0.2, 0.25) is 0 Å². The maximum absolute atomic E-state index is 12.6. The number of hydrogen-bond donors (Lipinski definition) is 2. The average Bonchev–Trinajstić information content (AvgIpc) is 2.80. The lowest BCUT2D eigenvalue weighted by atomic mass is 10.2. The van der Waals surface area contributed by atoms with E-state index in [1.807, 2.05) is 18.2 Å². The van der Waals surface area contributed by atoms with Gasteiger partial charge < -0.3 is 10.1 Å². The fourth-order valence-electron chi connectivity index (χ4n) is 2.76. The fourth-order valence-corrected chi connectivity index (χ4v) is 4.64. The van der Waals surface area contributed by atoms with Gasteiger partial charge in [0, 0.05) is 29.3 Å². The molecule has 1 amide bonds. The lowest BCUT2D eigenvalue weighted by molar-refractivity contribution is 0.0956. The Labute approximate surface area is 187 Å². The third-order valence-corrected chi connectivity index (χ3v) is 6.84. The number of thioether (sulfide) groups is 1. The molecule has 0 fully saturated rings. The molecule has 2 N–H and O–H groups in total. The number of sulfonamides is 1. The first kappa shape index (κ1) is 22.7. The number of methoxy groups -OCH3 is 1. The predicted octanol–water partition coefficient (Wildman–Crippen LogP) is 4.16. The number of hydrogen-bond acceptors (Lipinski definition) is 5. The van der Waals surface area contributed by atoms with Crippen LogP contribution in [0.25, 0.3) is 0 Å². The zero-order valence-electron chi connectivity index (χ0n) is 17.1. The molecule has 6 nitrogen and oxygen atoms in total. The molecule has 0 bridgehead atoms. The van der Waals surface area contributed by atoms with Crippen LogP contribution in [0.4, 0.5) is 5.69 Å². The van der Waals surface area contributed by atoms with Gasteiger partial charge in [0.05, 0.1) is 12.0 Å². The molecule has 0 saturated carbocycles. The minimum absolute atomic E-state index is 0.0817. The standard InChI is InChI=1S/C23H24N2O4S2/c1-29-21-11-9-20(10-12-21)25-31(27,28)22-13-7-19(8-14-22)23(26)24-15-16-30-17-18-5-3-2-4-6-18/h2-14,25H,15-17H2,1H3,(H,24,26). The summed E-state index contributed by atoms with van der Waals surface area (Å²) in [4.78, 5) is 12.4. The molecule has 0 aliphatic carbocycles. The van der Waals surface area contributed by atoms with E-state index in [-0.39, 0.29) is 10.8 Å². The highest BCUT2D eigenvalue weighted by Gasteiger charge is 2.15. The van der Waals surface area contributed by atoms with Crippen LogP contribution in [-0.2, 0) is 15.8 Å². The second-order valence-corrected chi connectivity index (χ2v) is 9.44. The Balaban J connectivity index is 1.49. The molecule has 31 heavy (non-hydrogen) atoms. The highest BCUT2D eigenvalue weighted by molar-refractivity contribution is 7.98. The Morgan fingerprint density at radius 3 is 2.26 bits per heavy atom. The van der Waals surface area contributed by atoms with E-state index in [0.717, 1.165) is 11.5 Å². The molecule has 8 heteroatoms. The minimum Gasteiger partial charge on any atom is -0.497 e. The van der Waals surface area contributed by atoms with E-state index in [2.05, 4.69) is 22.2 Å². The van der Waals surface area contributed by atoms with E-state index in [0.29, 0.717) is 23.5 Å². The molecule has 0 saturated heterocycles. The molecule has 3 aromatic rings. The molecule has 3 rings (SSSR count). The van der Waals surface area contributed by atoms with Gasteiger partial charge in [-0.3, -0.25) is 9.52 Å². The van der Waals surface area contributed by atoms with Gasteiger partial charge in [-0.1, -0.05) is 30.3 Å². The summed E-state index contributed by atoms with van der Waals surface area (Å²) in [5, 5.41) is 2.86. The molecule has 0 aliphatic rings. The molecule has 0 heterocycles. The van der Waals surface area contributed by atoms with E-state index >= 15 is 0 Å². The molecule has 0 atom stereocenters. The summed E-state index contributed by atoms with van der Waals surface area (Å²) in [6.45, 7) is 0.537. The van der Waals surface area contributed by atoms with Crippen molar-refractivity contribution in [3.05, 3.63) is 90.0 Å². The summed E-state index contributed by atoms with van der Waals surface area (Å²) in [6.07, 6.45) is 0. The van der Waals surface area contributed by atoms with Gasteiger partial charge in [-0.15, -0.1) is 0 Å². The normalized spacial score (nSPS) is 11.0. The highest BCUT2D eigenvalue weighted by atomic mass is 32.2. The maximum Gasteiger partial charge on any atom is 0.261 e. The lowest BCUT2D eigenvalue weighted by Crippen LogP contribution is -2.25. The molecule has 0 spiro atoms. The van der Waals surface area contributed by atoms with Crippen LogP contribution < -0.4 is 14.8 Å². The SMILES string of the molecule is COc1ccc(NS(=O)(=O)c2ccc(C(=O)NCCSCc3ccccc3)cc2)cc1. The quantitative estimate of drug-likeness (QED) is 0.448. The Morgan fingerprint density at radius 2 is 1.61 bits per heavy atom. The van der Waals surface area contributed by atoms with Gasteiger partial charge in [-0.2, -0.15) is 11.8 Å². The summed E-state index contributed by atoms with van der Waals surface area (Å²) >= 11 is 1.74. The van der Waals surface area contributed by atoms with Gasteiger partial charge in [0.15, 0.2) is 0 Å². The van der Waals surface area contributed by atoms with Gasteiger partial charge in [-0.05, 0) is 54.1 Å². The van der Waals surface area contributed by atoms with Crippen LogP contribution in [0.1, 0.15) is 15.9 Å². The maximum atomic E-state index is 12.6. The molecular weight excluding hydrogens is 432 g/mol. The Morgan fingerprint density at radius 1 is 0.935 bits per heavy atom. The Bertz CT molecular complexity index is 1080. The molecule has 0 aliphatic heterocycles. The van der Waals surface area contributed by atoms with Crippen molar-refractivity contribution in [2.45, 2.75) is 10.6 Å². The zero-order valence-corrected chi connectivity index (χ0v) is 18.7. The number of benzene rings is 3. The van der Waals surface area contributed by atoms with Gasteiger partial charge in [0.2, 0.25) is 0 Å². The summed E-state index contributed by atoms with van der Waals surface area (Å²) in [6, 6.07) is 22.6. The van der Waals surface area contributed by atoms with E-state index in [1.54, 1.807) is 43.1 Å². The van der Waals surface area contributed by atoms with Crippen molar-refractivity contribution < 1.29 is 17.9 Å². The summed E-state index contributed by atoms with van der Waals surface area (Å²) in [5.41, 5.74) is 2.09. The number of carbonyl (C=O) groups is 1. The number of amides is 1. The van der Waals surface area contributed by atoms with Crippen molar-refractivity contribution in [2.75, 3.05) is 24.1 Å². The van der Waals surface area contributed by atoms with Crippen LogP contribution in [-0.4, -0.2) is 33.7 Å². The third kappa shape index (κ3) is 6.77. The van der Waals surface area contributed by atoms with Crippen LogP contribution >= 0.6 is 11.8 Å². The second-order valence-electron chi connectivity index (χ2n) is 6.65. The van der Waals surface area contributed by atoms with Gasteiger partial charge >= 0.3 is 0 Å². The molecular formula is C23H24N2O4S2. The van der Waals surface area contributed by atoms with Crippen LogP contribution in [0, 0.1) is 0 Å². The number of nitrogens with one attached hydrogen (secondary N) is 2. The number of anilines is 1. The number of ether oxygens (including phenoxy) is 1. The van der Waals surface area contributed by atoms with Crippen molar-refractivity contribution in [2.24, 2.45) is 0 Å². The smallest absolute Gasteiger partial charge is 0.261 e. The Kier molecular flexibility index (Phi) is 7.97. The van der Waals surface area contributed by atoms with E-state index in [9.17, 15) is 13.2 Å². The van der Waals surface area contributed by atoms with Crippen molar-refractivity contribution >= 4 is 33.4 Å². The molecule has 162 valence electrons. The first-order valence-corrected chi connectivity index (χ1v) is 12.3.